The van der Waals surface area contributed by atoms with E-state index in [1.54, 1.807) is 0 Å². The van der Waals surface area contributed by atoms with Gasteiger partial charge in [0.05, 0.1) is 30.1 Å². The molecule has 0 saturated carbocycles. The summed E-state index contributed by atoms with van der Waals surface area (Å²) >= 11 is 0. The molecule has 46 heavy (non-hydrogen) atoms. The number of hydrogen-bond acceptors (Lipinski definition) is 7. The van der Waals surface area contributed by atoms with E-state index >= 15 is 0 Å². The average molecular weight is 644 g/mol. The predicted octanol–water partition coefficient (Wildman–Crippen LogP) is 7.98. The molecule has 3 heterocycles. The molecule has 1 aromatic heterocycles. The molecule has 2 aromatic carbocycles. The molecule has 1 N–H and O–H groups in total. The Hall–Kier alpha value is -4.88. The van der Waals surface area contributed by atoms with Crippen LogP contribution in [-0.2, 0) is 16.5 Å². The van der Waals surface area contributed by atoms with Crippen LogP contribution >= 0.6 is 0 Å². The highest BCUT2D eigenvalue weighted by molar-refractivity contribution is 5.81. The number of alkyl halides is 3. The number of unbranched alkanes of at least 4 members (excludes halogenated alkanes) is 3. The Morgan fingerprint density at radius 2 is 1.74 bits per heavy atom. The molecule has 14 heteroatoms. The molecule has 242 valence electrons. The van der Waals surface area contributed by atoms with Crippen LogP contribution in [0.5, 0.6) is 5.75 Å². The minimum atomic E-state index is -4.78. The van der Waals surface area contributed by atoms with Gasteiger partial charge in [0.2, 0.25) is 5.54 Å². The van der Waals surface area contributed by atoms with E-state index in [9.17, 15) is 31.9 Å². The number of carboxylic acids is 1. The topological polar surface area (TPSA) is 116 Å². The van der Waals surface area contributed by atoms with Crippen LogP contribution in [0.15, 0.2) is 59.4 Å². The summed E-state index contributed by atoms with van der Waals surface area (Å²) < 4.78 is 82.8. The number of rotatable bonds is 13. The van der Waals surface area contributed by atoms with Crippen molar-refractivity contribution in [3.8, 4) is 39.8 Å². The second-order valence-corrected chi connectivity index (χ2v) is 10.7. The van der Waals surface area contributed by atoms with Crippen LogP contribution in [-0.4, -0.2) is 42.6 Å². The SMILES string of the molecule is CCCCCCC(C(=O)O)(c1cc(-c2ccc(OCCC)cc2C(F)(F)F)no1)n1cc2nc(-c3cccc(F)c3F)nc-2cn1. The van der Waals surface area contributed by atoms with Gasteiger partial charge < -0.3 is 14.4 Å². The Labute approximate surface area is 260 Å². The van der Waals surface area contributed by atoms with Crippen LogP contribution in [0, 0.1) is 11.6 Å². The summed E-state index contributed by atoms with van der Waals surface area (Å²) in [7, 11) is 0. The number of benzene rings is 2. The highest BCUT2D eigenvalue weighted by atomic mass is 19.4. The van der Waals surface area contributed by atoms with Crippen molar-refractivity contribution in [3.05, 3.63) is 77.8 Å². The van der Waals surface area contributed by atoms with Crippen molar-refractivity contribution in [2.45, 2.75) is 64.1 Å². The van der Waals surface area contributed by atoms with E-state index in [2.05, 4.69) is 20.2 Å². The lowest BCUT2D eigenvalue weighted by molar-refractivity contribution is -0.147. The largest absolute Gasteiger partial charge is 0.494 e. The number of aliphatic carboxylic acids is 1. The molecule has 0 bridgehead atoms. The van der Waals surface area contributed by atoms with Gasteiger partial charge in [0.1, 0.15) is 22.8 Å². The zero-order valence-electron chi connectivity index (χ0n) is 24.9. The molecule has 5 rings (SSSR count). The van der Waals surface area contributed by atoms with E-state index in [0.29, 0.717) is 19.3 Å². The number of halogens is 5. The van der Waals surface area contributed by atoms with Crippen molar-refractivity contribution in [1.29, 1.82) is 0 Å². The van der Waals surface area contributed by atoms with Crippen LogP contribution < -0.4 is 4.74 Å². The molecule has 0 aliphatic carbocycles. The fraction of sp³-hybridized carbons (Fsp3) is 0.344. The molecule has 3 aromatic rings. The Bertz CT molecular complexity index is 1800. The number of fused-ring (bicyclic) bond motifs is 1. The molecule has 2 aliphatic heterocycles. The lowest BCUT2D eigenvalue weighted by atomic mass is 9.88. The fourth-order valence-electron chi connectivity index (χ4n) is 5.19. The molecular formula is C32H30F5N5O4. The van der Waals surface area contributed by atoms with Gasteiger partial charge in [-0.05, 0) is 49.6 Å². The Morgan fingerprint density at radius 1 is 0.957 bits per heavy atom. The molecule has 0 saturated heterocycles. The third kappa shape index (κ3) is 6.28. The number of ether oxygens (including phenoxy) is 1. The van der Waals surface area contributed by atoms with Crippen molar-refractivity contribution in [1.82, 2.24) is 24.9 Å². The van der Waals surface area contributed by atoms with E-state index < -0.39 is 34.9 Å². The Kier molecular flexibility index (Phi) is 9.35. The maximum absolute atomic E-state index is 14.5. The molecule has 1 atom stereocenters. The maximum atomic E-state index is 14.5. The van der Waals surface area contributed by atoms with Gasteiger partial charge in [-0.1, -0.05) is 44.3 Å². The second-order valence-electron chi connectivity index (χ2n) is 10.7. The highest BCUT2D eigenvalue weighted by Crippen LogP contribution is 2.41. The van der Waals surface area contributed by atoms with Crippen molar-refractivity contribution < 1.29 is 41.1 Å². The van der Waals surface area contributed by atoms with Crippen LogP contribution in [0.4, 0.5) is 22.0 Å². The number of aromatic nitrogens is 5. The van der Waals surface area contributed by atoms with Crippen LogP contribution in [0.1, 0.15) is 63.7 Å². The van der Waals surface area contributed by atoms with Gasteiger partial charge in [0.15, 0.2) is 23.2 Å². The van der Waals surface area contributed by atoms with E-state index in [-0.39, 0.29) is 58.6 Å². The fourth-order valence-corrected chi connectivity index (χ4v) is 5.19. The number of hydrogen-bond donors (Lipinski definition) is 1. The molecule has 1 unspecified atom stereocenters. The third-order valence-corrected chi connectivity index (χ3v) is 7.56. The summed E-state index contributed by atoms with van der Waals surface area (Å²) in [6, 6.07) is 8.16. The zero-order valence-corrected chi connectivity index (χ0v) is 24.9. The smallest absolute Gasteiger partial charge is 0.417 e. The molecule has 0 amide bonds. The molecule has 0 spiro atoms. The van der Waals surface area contributed by atoms with Crippen molar-refractivity contribution in [2.75, 3.05) is 6.61 Å². The van der Waals surface area contributed by atoms with Crippen LogP contribution in [0.3, 0.4) is 0 Å². The van der Waals surface area contributed by atoms with Gasteiger partial charge in [-0.2, -0.15) is 18.3 Å². The summed E-state index contributed by atoms with van der Waals surface area (Å²) in [5.41, 5.74) is -3.54. The number of nitrogens with zero attached hydrogens (tertiary/aromatic N) is 5. The minimum Gasteiger partial charge on any atom is -0.494 e. The number of carboxylic acid groups (broad SMARTS) is 1. The number of imidazole rings is 1. The Balaban J connectivity index is 1.62. The highest BCUT2D eigenvalue weighted by Gasteiger charge is 2.47. The predicted molar refractivity (Wildman–Crippen MR) is 156 cm³/mol. The van der Waals surface area contributed by atoms with Crippen molar-refractivity contribution in [2.24, 2.45) is 0 Å². The molecule has 9 nitrogen and oxygen atoms in total. The van der Waals surface area contributed by atoms with E-state index in [0.717, 1.165) is 35.7 Å². The molecule has 2 aliphatic rings. The Morgan fingerprint density at radius 3 is 2.46 bits per heavy atom. The number of carbonyl (C=O) groups is 1. The monoisotopic (exact) mass is 643 g/mol. The lowest BCUT2D eigenvalue weighted by Gasteiger charge is -2.29. The van der Waals surface area contributed by atoms with Gasteiger partial charge in [0.25, 0.3) is 0 Å². The summed E-state index contributed by atoms with van der Waals surface area (Å²) in [5.74, 6) is -4.01. The van der Waals surface area contributed by atoms with Crippen LogP contribution in [0.25, 0.3) is 34.0 Å². The van der Waals surface area contributed by atoms with Crippen molar-refractivity contribution >= 4 is 5.97 Å². The summed E-state index contributed by atoms with van der Waals surface area (Å²) in [5, 5.41) is 18.9. The first-order valence-corrected chi connectivity index (χ1v) is 14.7. The first kappa shape index (κ1) is 32.5. The van der Waals surface area contributed by atoms with Gasteiger partial charge in [-0.15, -0.1) is 0 Å². The summed E-state index contributed by atoms with van der Waals surface area (Å²) in [4.78, 5) is 21.7. The molecule has 0 fully saturated rings. The van der Waals surface area contributed by atoms with Crippen molar-refractivity contribution in [3.63, 3.8) is 0 Å². The van der Waals surface area contributed by atoms with Crippen LogP contribution in [0.2, 0.25) is 0 Å². The summed E-state index contributed by atoms with van der Waals surface area (Å²) in [6.07, 6.45) is 0.995. The first-order chi connectivity index (χ1) is 22.0. The second kappa shape index (κ2) is 13.2. The standard InChI is InChI=1S/C32H30F5N5O4/c1-3-5-6-7-13-31(30(43)44,42-18-26-25(17-38-42)39-29(40-26)21-9-8-10-23(33)28(21)34)27-16-24(41-46-27)20-12-11-19(45-14-4-2)15-22(20)32(35,36)37/h8-12,15-18H,3-7,13-14H2,1-2H3,(H,43,44). The lowest BCUT2D eigenvalue weighted by Crippen LogP contribution is -2.44. The summed E-state index contributed by atoms with van der Waals surface area (Å²) in [6.45, 7) is 4.04. The molecular weight excluding hydrogens is 613 g/mol. The maximum Gasteiger partial charge on any atom is 0.417 e. The normalized spacial score (nSPS) is 13.2. The van der Waals surface area contributed by atoms with Gasteiger partial charge >= 0.3 is 12.1 Å². The third-order valence-electron chi connectivity index (χ3n) is 7.56. The average Bonchev–Trinajstić information content (AvgIpc) is 3.68. The minimum absolute atomic E-state index is 0.0267. The van der Waals surface area contributed by atoms with Gasteiger partial charge in [-0.3, -0.25) is 0 Å². The zero-order chi connectivity index (χ0) is 33.1. The quantitative estimate of drug-likeness (QED) is 0.101. The van der Waals surface area contributed by atoms with Gasteiger partial charge in [0, 0.05) is 11.6 Å². The van der Waals surface area contributed by atoms with E-state index in [4.69, 9.17) is 9.26 Å². The van der Waals surface area contributed by atoms with E-state index in [1.165, 1.54) is 36.7 Å². The van der Waals surface area contributed by atoms with Gasteiger partial charge in [-0.25, -0.2) is 28.2 Å². The molecule has 0 radical (unpaired) electrons. The first-order valence-electron chi connectivity index (χ1n) is 14.7. The van der Waals surface area contributed by atoms with E-state index in [1.807, 2.05) is 13.8 Å².